The van der Waals surface area contributed by atoms with E-state index < -0.39 is 43.9 Å². The SMILES string of the molecule is CCN(CC)CCN(Cc1ccc(-c2ccc(C(F)(F)F)cc2)cc1)C(=O)Cn1c(S(=O)(=O)Cc2ccc(F)cc2)nc(=O)c2c1CCC2. The molecule has 4 aromatic rings. The molecule has 1 heterocycles. The lowest BCUT2D eigenvalue weighted by Crippen LogP contribution is -2.41. The summed E-state index contributed by atoms with van der Waals surface area (Å²) in [6.45, 7) is 6.32. The number of amides is 1. The third-order valence-corrected chi connectivity index (χ3v) is 10.4. The molecule has 3 aromatic carbocycles. The molecule has 0 aliphatic heterocycles. The van der Waals surface area contributed by atoms with E-state index in [-0.39, 0.29) is 19.0 Å². The lowest BCUT2D eigenvalue weighted by molar-refractivity contribution is -0.137. The van der Waals surface area contributed by atoms with Gasteiger partial charge in [-0.3, -0.25) is 9.59 Å². The highest BCUT2D eigenvalue weighted by Crippen LogP contribution is 2.31. The van der Waals surface area contributed by atoms with Gasteiger partial charge in [-0.15, -0.1) is 0 Å². The second-order valence-corrected chi connectivity index (χ2v) is 13.9. The molecule has 1 aliphatic rings. The maximum absolute atomic E-state index is 14.1. The van der Waals surface area contributed by atoms with Crippen molar-refractivity contribution in [1.29, 1.82) is 0 Å². The first-order chi connectivity index (χ1) is 23.3. The van der Waals surface area contributed by atoms with Crippen molar-refractivity contribution in [3.63, 3.8) is 0 Å². The summed E-state index contributed by atoms with van der Waals surface area (Å²) in [6.07, 6.45) is -2.95. The van der Waals surface area contributed by atoms with Gasteiger partial charge in [0.25, 0.3) is 5.56 Å². The van der Waals surface area contributed by atoms with E-state index in [0.717, 1.165) is 42.9 Å². The Bertz CT molecular complexity index is 1940. The number of fused-ring (bicyclic) bond motifs is 1. The molecule has 0 fully saturated rings. The number of sulfone groups is 1. The molecule has 1 aliphatic carbocycles. The number of alkyl halides is 3. The standard InChI is InChI=1S/C36H38F4N4O4S/c1-3-42(4-2)20-21-43(22-25-8-12-27(13-9-25)28-14-16-29(17-15-28)36(38,39)40)33(45)23-44-32-7-5-6-31(32)34(46)41-35(44)49(47,48)24-26-10-18-30(37)19-11-26/h8-19H,3-7,20-24H2,1-2H3. The third kappa shape index (κ3) is 8.63. The molecule has 5 rings (SSSR count). The van der Waals surface area contributed by atoms with Gasteiger partial charge in [0.1, 0.15) is 12.4 Å². The maximum atomic E-state index is 14.1. The first-order valence-corrected chi connectivity index (χ1v) is 17.8. The molecule has 0 N–H and O–H groups in total. The smallest absolute Gasteiger partial charge is 0.336 e. The number of nitrogens with zero attached hydrogens (tertiary/aromatic N) is 4. The second-order valence-electron chi connectivity index (χ2n) is 12.1. The zero-order chi connectivity index (χ0) is 35.3. The van der Waals surface area contributed by atoms with Crippen molar-refractivity contribution in [3.05, 3.63) is 117 Å². The zero-order valence-corrected chi connectivity index (χ0v) is 28.2. The van der Waals surface area contributed by atoms with Crippen molar-refractivity contribution < 1.29 is 30.8 Å². The quantitative estimate of drug-likeness (QED) is 0.128. The predicted molar refractivity (Wildman–Crippen MR) is 178 cm³/mol. The van der Waals surface area contributed by atoms with Crippen LogP contribution in [0.2, 0.25) is 0 Å². The summed E-state index contributed by atoms with van der Waals surface area (Å²) in [4.78, 5) is 34.8. The highest BCUT2D eigenvalue weighted by Gasteiger charge is 2.31. The van der Waals surface area contributed by atoms with Crippen LogP contribution in [-0.4, -0.2) is 59.9 Å². The van der Waals surface area contributed by atoms with Gasteiger partial charge in [-0.2, -0.15) is 18.2 Å². The average molecular weight is 699 g/mol. The van der Waals surface area contributed by atoms with Crippen molar-refractivity contribution in [3.8, 4) is 11.1 Å². The molecule has 13 heteroatoms. The lowest BCUT2D eigenvalue weighted by atomic mass is 10.0. The summed E-state index contributed by atoms with van der Waals surface area (Å²) in [5, 5.41) is -0.486. The van der Waals surface area contributed by atoms with Crippen molar-refractivity contribution in [2.24, 2.45) is 0 Å². The summed E-state index contributed by atoms with van der Waals surface area (Å²) in [5.41, 5.74) is 1.95. The Morgan fingerprint density at radius 1 is 0.857 bits per heavy atom. The van der Waals surface area contributed by atoms with Gasteiger partial charge in [0.2, 0.25) is 20.9 Å². The van der Waals surface area contributed by atoms with Gasteiger partial charge in [-0.1, -0.05) is 62.4 Å². The molecule has 260 valence electrons. The van der Waals surface area contributed by atoms with Gasteiger partial charge in [0.15, 0.2) is 0 Å². The summed E-state index contributed by atoms with van der Waals surface area (Å²) in [7, 11) is -4.22. The Morgan fingerprint density at radius 3 is 2.04 bits per heavy atom. The minimum Gasteiger partial charge on any atom is -0.336 e. The van der Waals surface area contributed by atoms with Gasteiger partial charge in [0, 0.05) is 30.9 Å². The molecule has 1 amide bonds. The number of rotatable bonds is 13. The third-order valence-electron chi connectivity index (χ3n) is 8.85. The molecule has 0 radical (unpaired) electrons. The number of hydrogen-bond acceptors (Lipinski definition) is 6. The molecule has 8 nitrogen and oxygen atoms in total. The Morgan fingerprint density at radius 2 is 1.45 bits per heavy atom. The van der Waals surface area contributed by atoms with Crippen molar-refractivity contribution in [2.75, 3.05) is 26.2 Å². The van der Waals surface area contributed by atoms with E-state index in [0.29, 0.717) is 60.3 Å². The van der Waals surface area contributed by atoms with Crippen LogP contribution >= 0.6 is 0 Å². The fraction of sp³-hybridized carbons (Fsp3) is 0.361. The summed E-state index contributed by atoms with van der Waals surface area (Å²) in [6, 6.07) is 17.1. The van der Waals surface area contributed by atoms with Crippen LogP contribution in [0.1, 0.15) is 48.2 Å². The minimum atomic E-state index is -4.43. The van der Waals surface area contributed by atoms with Crippen molar-refractivity contribution in [2.45, 2.75) is 63.3 Å². The van der Waals surface area contributed by atoms with Crippen LogP contribution in [0.5, 0.6) is 0 Å². The van der Waals surface area contributed by atoms with Gasteiger partial charge >= 0.3 is 6.18 Å². The molecular weight excluding hydrogens is 660 g/mol. The molecule has 0 saturated carbocycles. The van der Waals surface area contributed by atoms with Crippen LogP contribution in [0.4, 0.5) is 17.6 Å². The topological polar surface area (TPSA) is 92.6 Å². The van der Waals surface area contributed by atoms with Crippen molar-refractivity contribution >= 4 is 15.7 Å². The van der Waals surface area contributed by atoms with Crippen LogP contribution in [-0.2, 0) is 52.5 Å². The van der Waals surface area contributed by atoms with E-state index in [2.05, 4.69) is 9.88 Å². The van der Waals surface area contributed by atoms with E-state index in [1.54, 1.807) is 17.0 Å². The Labute approximate surface area is 282 Å². The number of carbonyl (C=O) groups is 1. The van der Waals surface area contributed by atoms with Crippen LogP contribution in [0.3, 0.4) is 0 Å². The van der Waals surface area contributed by atoms with Crippen LogP contribution in [0.25, 0.3) is 11.1 Å². The number of benzene rings is 3. The molecule has 0 bridgehead atoms. The van der Waals surface area contributed by atoms with Gasteiger partial charge in [0.05, 0.1) is 11.3 Å². The largest absolute Gasteiger partial charge is 0.416 e. The Hall–Kier alpha value is -4.36. The second kappa shape index (κ2) is 15.0. The summed E-state index contributed by atoms with van der Waals surface area (Å²) >= 11 is 0. The molecule has 0 atom stereocenters. The van der Waals surface area contributed by atoms with E-state index in [4.69, 9.17) is 0 Å². The normalized spacial score (nSPS) is 13.1. The zero-order valence-electron chi connectivity index (χ0n) is 27.3. The monoisotopic (exact) mass is 698 g/mol. The first-order valence-electron chi connectivity index (χ1n) is 16.2. The predicted octanol–water partition coefficient (Wildman–Crippen LogP) is 5.90. The number of likely N-dealkylation sites (N-methyl/N-ethyl adjacent to an activating group) is 1. The minimum absolute atomic E-state index is 0.195. The summed E-state index contributed by atoms with van der Waals surface area (Å²) in [5.74, 6) is -1.40. The number of aromatic nitrogens is 2. The van der Waals surface area contributed by atoms with E-state index in [1.807, 2.05) is 26.0 Å². The van der Waals surface area contributed by atoms with Crippen molar-refractivity contribution in [1.82, 2.24) is 19.4 Å². The number of carbonyl (C=O) groups excluding carboxylic acids is 1. The molecule has 1 aromatic heterocycles. The number of hydrogen-bond donors (Lipinski definition) is 0. The highest BCUT2D eigenvalue weighted by atomic mass is 32.2. The van der Waals surface area contributed by atoms with E-state index in [1.165, 1.54) is 28.8 Å². The fourth-order valence-electron chi connectivity index (χ4n) is 6.06. The summed E-state index contributed by atoms with van der Waals surface area (Å²) < 4.78 is 81.4. The van der Waals surface area contributed by atoms with E-state index >= 15 is 0 Å². The van der Waals surface area contributed by atoms with Crippen LogP contribution < -0.4 is 5.56 Å². The Balaban J connectivity index is 1.43. The van der Waals surface area contributed by atoms with Gasteiger partial charge < -0.3 is 14.4 Å². The highest BCUT2D eigenvalue weighted by molar-refractivity contribution is 7.90. The molecule has 0 unspecified atom stereocenters. The van der Waals surface area contributed by atoms with Gasteiger partial charge in [-0.25, -0.2) is 12.8 Å². The van der Waals surface area contributed by atoms with E-state index in [9.17, 15) is 35.6 Å². The Kier molecular flexibility index (Phi) is 11.0. The van der Waals surface area contributed by atoms with Gasteiger partial charge in [-0.05, 0) is 78.9 Å². The molecule has 0 saturated heterocycles. The van der Waals surface area contributed by atoms with Crippen LogP contribution in [0.15, 0.2) is 82.7 Å². The number of halogens is 4. The molecule has 49 heavy (non-hydrogen) atoms. The molecule has 0 spiro atoms. The average Bonchev–Trinajstić information content (AvgIpc) is 3.58. The van der Waals surface area contributed by atoms with Crippen LogP contribution in [0, 0.1) is 5.82 Å². The fourth-order valence-corrected chi connectivity index (χ4v) is 7.55. The lowest BCUT2D eigenvalue weighted by Gasteiger charge is -2.28. The maximum Gasteiger partial charge on any atom is 0.416 e. The first kappa shape index (κ1) is 35.9. The molecular formula is C36H38F4N4O4S.